The summed E-state index contributed by atoms with van der Waals surface area (Å²) in [4.78, 5) is 12.5. The molecule has 0 bridgehead atoms. The second-order valence-corrected chi connectivity index (χ2v) is 5.27. The van der Waals surface area contributed by atoms with Crippen LogP contribution in [0.25, 0.3) is 6.08 Å². The topological polar surface area (TPSA) is 62.1 Å². The van der Waals surface area contributed by atoms with Crippen LogP contribution in [0.15, 0.2) is 66.8 Å². The smallest absolute Gasteiger partial charge is 0.266 e. The lowest BCUT2D eigenvalue weighted by atomic mass is 10.1. The SMILES string of the molecule is C=CCOc1ccccc1/C=C(\C#N)C(=O)Nc1ccccc1CC. The third-order valence-corrected chi connectivity index (χ3v) is 3.59. The Morgan fingerprint density at radius 2 is 1.96 bits per heavy atom. The lowest BCUT2D eigenvalue weighted by molar-refractivity contribution is -0.112. The first-order chi connectivity index (χ1) is 12.2. The highest BCUT2D eigenvalue weighted by Gasteiger charge is 2.12. The predicted octanol–water partition coefficient (Wildman–Crippen LogP) is 4.36. The Morgan fingerprint density at radius 3 is 2.68 bits per heavy atom. The standard InChI is InChI=1S/C21H20N2O2/c1-3-13-25-20-12-8-6-10-17(20)14-18(15-22)21(24)23-19-11-7-5-9-16(19)4-2/h3,5-12,14H,1,4,13H2,2H3,(H,23,24)/b18-14+. The number of nitrogens with zero attached hydrogens (tertiary/aromatic N) is 1. The van der Waals surface area contributed by atoms with Gasteiger partial charge >= 0.3 is 0 Å². The molecule has 126 valence electrons. The molecule has 0 aliphatic heterocycles. The summed E-state index contributed by atoms with van der Waals surface area (Å²) in [7, 11) is 0. The molecule has 0 saturated heterocycles. The van der Waals surface area contributed by atoms with Gasteiger partial charge < -0.3 is 10.1 Å². The number of anilines is 1. The van der Waals surface area contributed by atoms with Crippen molar-refractivity contribution in [3.05, 3.63) is 77.9 Å². The molecule has 4 nitrogen and oxygen atoms in total. The molecular formula is C21H20N2O2. The van der Waals surface area contributed by atoms with Crippen LogP contribution in [0.2, 0.25) is 0 Å². The summed E-state index contributed by atoms with van der Waals surface area (Å²) < 4.78 is 5.56. The fourth-order valence-electron chi connectivity index (χ4n) is 2.32. The summed E-state index contributed by atoms with van der Waals surface area (Å²) in [5.41, 5.74) is 2.41. The number of para-hydroxylation sites is 2. The minimum atomic E-state index is -0.443. The number of rotatable bonds is 7. The van der Waals surface area contributed by atoms with Crippen molar-refractivity contribution in [2.75, 3.05) is 11.9 Å². The molecule has 1 amide bonds. The summed E-state index contributed by atoms with van der Waals surface area (Å²) in [6.07, 6.45) is 3.96. The van der Waals surface area contributed by atoms with Crippen LogP contribution in [0.3, 0.4) is 0 Å². The highest BCUT2D eigenvalue weighted by Crippen LogP contribution is 2.22. The summed E-state index contributed by atoms with van der Waals surface area (Å²) in [5, 5.41) is 12.2. The highest BCUT2D eigenvalue weighted by molar-refractivity contribution is 6.10. The molecule has 2 aromatic carbocycles. The van der Waals surface area contributed by atoms with E-state index in [4.69, 9.17) is 4.74 Å². The van der Waals surface area contributed by atoms with Crippen molar-refractivity contribution in [1.82, 2.24) is 0 Å². The van der Waals surface area contributed by atoms with Gasteiger partial charge in [-0.2, -0.15) is 5.26 Å². The van der Waals surface area contributed by atoms with Gasteiger partial charge in [-0.3, -0.25) is 4.79 Å². The molecular weight excluding hydrogens is 312 g/mol. The van der Waals surface area contributed by atoms with Crippen molar-refractivity contribution in [3.8, 4) is 11.8 Å². The molecule has 0 heterocycles. The number of hydrogen-bond acceptors (Lipinski definition) is 3. The van der Waals surface area contributed by atoms with Crippen molar-refractivity contribution >= 4 is 17.7 Å². The number of amides is 1. The third-order valence-electron chi connectivity index (χ3n) is 3.59. The van der Waals surface area contributed by atoms with E-state index in [0.29, 0.717) is 23.6 Å². The number of benzene rings is 2. The van der Waals surface area contributed by atoms with Crippen LogP contribution < -0.4 is 10.1 Å². The fourth-order valence-corrected chi connectivity index (χ4v) is 2.32. The van der Waals surface area contributed by atoms with Crippen molar-refractivity contribution in [2.45, 2.75) is 13.3 Å². The first kappa shape index (κ1) is 18.0. The molecule has 0 aliphatic rings. The lowest BCUT2D eigenvalue weighted by Gasteiger charge is -2.10. The molecule has 0 unspecified atom stereocenters. The average molecular weight is 332 g/mol. The Balaban J connectivity index is 2.27. The van der Waals surface area contributed by atoms with Crippen LogP contribution in [0.1, 0.15) is 18.1 Å². The van der Waals surface area contributed by atoms with Gasteiger partial charge in [0, 0.05) is 11.3 Å². The fraction of sp³-hybridized carbons (Fsp3) is 0.143. The molecule has 1 N–H and O–H groups in total. The second-order valence-electron chi connectivity index (χ2n) is 5.27. The number of carbonyl (C=O) groups is 1. The number of nitriles is 1. The van der Waals surface area contributed by atoms with Gasteiger partial charge in [0.1, 0.15) is 24.0 Å². The zero-order valence-corrected chi connectivity index (χ0v) is 14.2. The van der Waals surface area contributed by atoms with E-state index < -0.39 is 5.91 Å². The van der Waals surface area contributed by atoms with Gasteiger partial charge in [0.2, 0.25) is 0 Å². The van der Waals surface area contributed by atoms with Crippen LogP contribution in [0.4, 0.5) is 5.69 Å². The highest BCUT2D eigenvalue weighted by atomic mass is 16.5. The van der Waals surface area contributed by atoms with E-state index in [1.807, 2.05) is 49.4 Å². The van der Waals surface area contributed by atoms with Crippen LogP contribution in [0.5, 0.6) is 5.75 Å². The van der Waals surface area contributed by atoms with Crippen LogP contribution in [-0.2, 0) is 11.2 Å². The van der Waals surface area contributed by atoms with Gasteiger partial charge in [-0.05, 0) is 30.2 Å². The zero-order chi connectivity index (χ0) is 18.1. The van der Waals surface area contributed by atoms with Gasteiger partial charge in [-0.25, -0.2) is 0 Å². The molecule has 2 rings (SSSR count). The minimum absolute atomic E-state index is 0.0144. The second kappa shape index (κ2) is 9.09. The molecule has 0 spiro atoms. The van der Waals surface area contributed by atoms with E-state index in [0.717, 1.165) is 12.0 Å². The maximum atomic E-state index is 12.5. The van der Waals surface area contributed by atoms with E-state index >= 15 is 0 Å². The molecule has 0 atom stereocenters. The minimum Gasteiger partial charge on any atom is -0.489 e. The van der Waals surface area contributed by atoms with E-state index in [2.05, 4.69) is 11.9 Å². The third kappa shape index (κ3) is 4.82. The van der Waals surface area contributed by atoms with Crippen molar-refractivity contribution in [2.24, 2.45) is 0 Å². The molecule has 2 aromatic rings. The largest absolute Gasteiger partial charge is 0.489 e. The average Bonchev–Trinajstić information content (AvgIpc) is 2.65. The van der Waals surface area contributed by atoms with Crippen LogP contribution >= 0.6 is 0 Å². The summed E-state index contributed by atoms with van der Waals surface area (Å²) in [6, 6.07) is 16.7. The maximum Gasteiger partial charge on any atom is 0.266 e. The number of aryl methyl sites for hydroxylation is 1. The quantitative estimate of drug-likeness (QED) is 0.465. The summed E-state index contributed by atoms with van der Waals surface area (Å²) >= 11 is 0. The van der Waals surface area contributed by atoms with Gasteiger partial charge in [-0.1, -0.05) is 56.0 Å². The van der Waals surface area contributed by atoms with E-state index in [-0.39, 0.29) is 5.57 Å². The lowest BCUT2D eigenvalue weighted by Crippen LogP contribution is -2.14. The Morgan fingerprint density at radius 1 is 1.24 bits per heavy atom. The van der Waals surface area contributed by atoms with E-state index in [9.17, 15) is 10.1 Å². The Hall–Kier alpha value is -3.32. The van der Waals surface area contributed by atoms with E-state index in [1.165, 1.54) is 6.08 Å². The number of hydrogen-bond donors (Lipinski definition) is 1. The Bertz CT molecular complexity index is 832. The molecule has 0 aromatic heterocycles. The normalized spacial score (nSPS) is 10.6. The van der Waals surface area contributed by atoms with Gasteiger partial charge in [0.05, 0.1) is 0 Å². The van der Waals surface area contributed by atoms with Crippen molar-refractivity contribution in [1.29, 1.82) is 5.26 Å². The molecule has 0 saturated carbocycles. The predicted molar refractivity (Wildman–Crippen MR) is 100 cm³/mol. The van der Waals surface area contributed by atoms with Crippen molar-refractivity contribution < 1.29 is 9.53 Å². The van der Waals surface area contributed by atoms with Gasteiger partial charge in [-0.15, -0.1) is 0 Å². The monoisotopic (exact) mass is 332 g/mol. The van der Waals surface area contributed by atoms with Crippen LogP contribution in [0, 0.1) is 11.3 Å². The van der Waals surface area contributed by atoms with E-state index in [1.54, 1.807) is 18.2 Å². The van der Waals surface area contributed by atoms with Crippen molar-refractivity contribution in [3.63, 3.8) is 0 Å². The first-order valence-electron chi connectivity index (χ1n) is 8.03. The Kier molecular flexibility index (Phi) is 6.56. The number of ether oxygens (including phenoxy) is 1. The molecule has 0 radical (unpaired) electrons. The molecule has 0 fully saturated rings. The maximum absolute atomic E-state index is 12.5. The van der Waals surface area contributed by atoms with Crippen LogP contribution in [-0.4, -0.2) is 12.5 Å². The molecule has 25 heavy (non-hydrogen) atoms. The molecule has 4 heteroatoms. The number of carbonyl (C=O) groups excluding carboxylic acids is 1. The number of nitrogens with one attached hydrogen (secondary N) is 1. The van der Waals surface area contributed by atoms with Gasteiger partial charge in [0.15, 0.2) is 0 Å². The summed E-state index contributed by atoms with van der Waals surface area (Å²) in [5.74, 6) is 0.152. The Labute approximate surface area is 148 Å². The molecule has 0 aliphatic carbocycles. The van der Waals surface area contributed by atoms with Gasteiger partial charge in [0.25, 0.3) is 5.91 Å². The summed E-state index contributed by atoms with van der Waals surface area (Å²) in [6.45, 7) is 5.98. The first-order valence-corrected chi connectivity index (χ1v) is 8.03. The zero-order valence-electron chi connectivity index (χ0n) is 14.2.